The molecule has 0 aromatic carbocycles. The molecule has 0 spiro atoms. The summed E-state index contributed by atoms with van der Waals surface area (Å²) >= 11 is 0. The molecule has 3 nitrogen and oxygen atoms in total. The van der Waals surface area contributed by atoms with Gasteiger partial charge in [0.2, 0.25) is 0 Å². The maximum Gasteiger partial charge on any atom is 0.508 e. The molecule has 0 unspecified atom stereocenters. The first kappa shape index (κ1) is 15.7. The van der Waals surface area contributed by atoms with Crippen LogP contribution in [0, 0.1) is 5.92 Å². The molecule has 0 aliphatic carbocycles. The molecule has 0 rings (SSSR count). The van der Waals surface area contributed by atoms with E-state index >= 15 is 0 Å². The van der Waals surface area contributed by atoms with Crippen molar-refractivity contribution in [1.82, 2.24) is 0 Å². The van der Waals surface area contributed by atoms with Gasteiger partial charge in [0.15, 0.2) is 0 Å². The Bertz CT molecular complexity index is 130. The van der Waals surface area contributed by atoms with Crippen molar-refractivity contribution in [2.75, 3.05) is 6.61 Å². The molecule has 0 saturated heterocycles. The Morgan fingerprint density at radius 3 is 1.86 bits per heavy atom. The van der Waals surface area contributed by atoms with Crippen LogP contribution in [0.15, 0.2) is 0 Å². The Morgan fingerprint density at radius 1 is 1.14 bits per heavy atom. The fourth-order valence-electron chi connectivity index (χ4n) is 0.461. The molecular weight excluding hydrogens is 180 g/mol. The van der Waals surface area contributed by atoms with Gasteiger partial charge in [0, 0.05) is 0 Å². The largest absolute Gasteiger partial charge is 0.508 e. The number of ether oxygens (including phenoxy) is 2. The van der Waals surface area contributed by atoms with E-state index in [4.69, 9.17) is 9.47 Å². The topological polar surface area (TPSA) is 35.5 Å². The second-order valence-corrected chi connectivity index (χ2v) is 3.83. The van der Waals surface area contributed by atoms with E-state index in [9.17, 15) is 4.79 Å². The number of carbonyl (C=O) groups excluding carboxylic acids is 1. The zero-order valence-electron chi connectivity index (χ0n) is 10.3. The van der Waals surface area contributed by atoms with E-state index in [0.717, 1.165) is 0 Å². The van der Waals surface area contributed by atoms with Crippen molar-refractivity contribution in [3.05, 3.63) is 0 Å². The highest BCUT2D eigenvalue weighted by atomic mass is 16.7. The van der Waals surface area contributed by atoms with Gasteiger partial charge in [-0.15, -0.1) is 0 Å². The lowest BCUT2D eigenvalue weighted by Gasteiger charge is -2.09. The van der Waals surface area contributed by atoms with Crippen molar-refractivity contribution >= 4 is 6.16 Å². The Labute approximate surface area is 87.8 Å². The van der Waals surface area contributed by atoms with Crippen LogP contribution in [-0.2, 0) is 9.47 Å². The average molecular weight is 204 g/mol. The van der Waals surface area contributed by atoms with Crippen LogP contribution >= 0.6 is 0 Å². The van der Waals surface area contributed by atoms with Crippen LogP contribution in [0.25, 0.3) is 0 Å². The molecule has 0 radical (unpaired) electrons. The Morgan fingerprint density at radius 2 is 1.57 bits per heavy atom. The third-order valence-electron chi connectivity index (χ3n) is 0.866. The van der Waals surface area contributed by atoms with Crippen molar-refractivity contribution in [1.29, 1.82) is 0 Å². The van der Waals surface area contributed by atoms with Crippen LogP contribution < -0.4 is 0 Å². The van der Waals surface area contributed by atoms with Crippen LogP contribution in [0.1, 0.15) is 48.0 Å². The molecule has 3 heteroatoms. The van der Waals surface area contributed by atoms with E-state index in [1.807, 2.05) is 13.8 Å². The predicted molar refractivity (Wildman–Crippen MR) is 58.4 cm³/mol. The normalized spacial score (nSPS) is 9.43. The number of rotatable bonds is 3. The van der Waals surface area contributed by atoms with Gasteiger partial charge in [-0.1, -0.05) is 34.1 Å². The quantitative estimate of drug-likeness (QED) is 0.659. The van der Waals surface area contributed by atoms with Gasteiger partial charge in [-0.05, 0) is 19.8 Å². The lowest BCUT2D eigenvalue weighted by Crippen LogP contribution is -2.15. The Balaban J connectivity index is 0. The van der Waals surface area contributed by atoms with E-state index in [1.165, 1.54) is 6.42 Å². The summed E-state index contributed by atoms with van der Waals surface area (Å²) < 4.78 is 9.49. The zero-order chi connectivity index (χ0) is 11.6. The average Bonchev–Trinajstić information content (AvgIpc) is 2.01. The Kier molecular flexibility index (Phi) is 11.6. The second-order valence-electron chi connectivity index (χ2n) is 3.83. The molecule has 86 valence electrons. The number of hydrogen-bond donors (Lipinski definition) is 0. The van der Waals surface area contributed by atoms with Crippen LogP contribution in [-0.4, -0.2) is 18.9 Å². The van der Waals surface area contributed by atoms with E-state index in [1.54, 1.807) is 13.8 Å². The van der Waals surface area contributed by atoms with Crippen molar-refractivity contribution in [3.8, 4) is 0 Å². The third-order valence-corrected chi connectivity index (χ3v) is 0.866. The SMILES string of the molecule is CC(C)COC(=O)OC(C)C.CCC. The molecular formula is C11H24O3. The van der Waals surface area contributed by atoms with E-state index < -0.39 is 6.16 Å². The minimum atomic E-state index is -0.575. The van der Waals surface area contributed by atoms with Crippen LogP contribution in [0.4, 0.5) is 4.79 Å². The molecule has 0 bridgehead atoms. The van der Waals surface area contributed by atoms with Crippen molar-refractivity contribution < 1.29 is 14.3 Å². The van der Waals surface area contributed by atoms with Crippen LogP contribution in [0.2, 0.25) is 0 Å². The summed E-state index contributed by atoms with van der Waals surface area (Å²) in [6.45, 7) is 12.2. The molecule has 0 fully saturated rings. The molecule has 0 N–H and O–H groups in total. The first-order valence-corrected chi connectivity index (χ1v) is 5.27. The summed E-state index contributed by atoms with van der Waals surface area (Å²) in [7, 11) is 0. The number of carbonyl (C=O) groups is 1. The summed E-state index contributed by atoms with van der Waals surface area (Å²) in [6.07, 6.45) is 0.573. The van der Waals surface area contributed by atoms with Crippen molar-refractivity contribution in [2.24, 2.45) is 5.92 Å². The minimum absolute atomic E-state index is 0.102. The molecule has 0 aliphatic heterocycles. The van der Waals surface area contributed by atoms with Gasteiger partial charge in [0.25, 0.3) is 0 Å². The molecule has 0 atom stereocenters. The summed E-state index contributed by atoms with van der Waals surface area (Å²) in [5.74, 6) is 0.356. The molecule has 0 aromatic heterocycles. The van der Waals surface area contributed by atoms with Gasteiger partial charge >= 0.3 is 6.16 Å². The minimum Gasteiger partial charge on any atom is -0.434 e. The lowest BCUT2D eigenvalue weighted by atomic mass is 10.2. The van der Waals surface area contributed by atoms with Gasteiger partial charge < -0.3 is 9.47 Å². The molecule has 0 saturated carbocycles. The molecule has 14 heavy (non-hydrogen) atoms. The van der Waals surface area contributed by atoms with Crippen LogP contribution in [0.3, 0.4) is 0 Å². The van der Waals surface area contributed by atoms with Crippen molar-refractivity contribution in [3.63, 3.8) is 0 Å². The number of hydrogen-bond acceptors (Lipinski definition) is 3. The van der Waals surface area contributed by atoms with E-state index in [-0.39, 0.29) is 6.10 Å². The maximum atomic E-state index is 10.7. The zero-order valence-corrected chi connectivity index (χ0v) is 10.3. The first-order chi connectivity index (χ1) is 6.43. The van der Waals surface area contributed by atoms with Gasteiger partial charge in [-0.25, -0.2) is 4.79 Å². The van der Waals surface area contributed by atoms with Gasteiger partial charge in [-0.3, -0.25) is 0 Å². The summed E-state index contributed by atoms with van der Waals surface area (Å²) in [5, 5.41) is 0. The van der Waals surface area contributed by atoms with Gasteiger partial charge in [-0.2, -0.15) is 0 Å². The predicted octanol–water partition coefficient (Wildman–Crippen LogP) is 3.62. The summed E-state index contributed by atoms with van der Waals surface area (Å²) in [5.41, 5.74) is 0. The molecule has 0 amide bonds. The highest BCUT2D eigenvalue weighted by Crippen LogP contribution is 1.97. The van der Waals surface area contributed by atoms with Crippen molar-refractivity contribution in [2.45, 2.75) is 54.1 Å². The van der Waals surface area contributed by atoms with Gasteiger partial charge in [0.1, 0.15) is 0 Å². The highest BCUT2D eigenvalue weighted by molar-refractivity contribution is 5.59. The standard InChI is InChI=1S/C8H16O3.C3H8/c1-6(2)5-10-8(9)11-7(3)4;1-3-2/h6-7H,5H2,1-4H3;3H2,1-2H3. The second kappa shape index (κ2) is 10.4. The van der Waals surface area contributed by atoms with Crippen LogP contribution in [0.5, 0.6) is 0 Å². The molecule has 0 aromatic rings. The highest BCUT2D eigenvalue weighted by Gasteiger charge is 2.06. The molecule has 0 aliphatic rings. The summed E-state index contributed by atoms with van der Waals surface area (Å²) in [4.78, 5) is 10.7. The summed E-state index contributed by atoms with van der Waals surface area (Å²) in [6, 6.07) is 0. The Hall–Kier alpha value is -0.730. The van der Waals surface area contributed by atoms with E-state index in [2.05, 4.69) is 13.8 Å². The lowest BCUT2D eigenvalue weighted by molar-refractivity contribution is 0.0282. The van der Waals surface area contributed by atoms with Gasteiger partial charge in [0.05, 0.1) is 12.7 Å². The first-order valence-electron chi connectivity index (χ1n) is 5.27. The third kappa shape index (κ3) is 17.4. The monoisotopic (exact) mass is 204 g/mol. The maximum absolute atomic E-state index is 10.7. The smallest absolute Gasteiger partial charge is 0.434 e. The van der Waals surface area contributed by atoms with E-state index in [0.29, 0.717) is 12.5 Å². The molecule has 0 heterocycles. The fraction of sp³-hybridized carbons (Fsp3) is 0.909. The fourth-order valence-corrected chi connectivity index (χ4v) is 0.461.